The first-order valence-corrected chi connectivity index (χ1v) is 13.6. The first-order valence-electron chi connectivity index (χ1n) is 11.4. The summed E-state index contributed by atoms with van der Waals surface area (Å²) in [6, 6.07) is 28.0. The first kappa shape index (κ1) is 25.0. The summed E-state index contributed by atoms with van der Waals surface area (Å²) in [6.45, 7) is 0.391. The molecule has 1 N–H and O–H groups in total. The summed E-state index contributed by atoms with van der Waals surface area (Å²) in [7, 11) is -4.05. The Morgan fingerprint density at radius 3 is 2.27 bits per heavy atom. The maximum atomic E-state index is 13.2. The zero-order valence-corrected chi connectivity index (χ0v) is 21.8. The van der Waals surface area contributed by atoms with Crippen LogP contribution in [0.5, 0.6) is 0 Å². The molecule has 0 aliphatic carbocycles. The van der Waals surface area contributed by atoms with Crippen molar-refractivity contribution in [2.45, 2.75) is 17.9 Å². The van der Waals surface area contributed by atoms with Crippen molar-refractivity contribution in [1.29, 1.82) is 0 Å². The molecule has 1 amide bonds. The molecule has 0 spiro atoms. The summed E-state index contributed by atoms with van der Waals surface area (Å²) in [5, 5.41) is 1.05. The van der Waals surface area contributed by atoms with Crippen LogP contribution in [0, 0.1) is 0 Å². The average molecular weight is 550 g/mol. The summed E-state index contributed by atoms with van der Waals surface area (Å²) in [4.78, 5) is 18.0. The number of benzene rings is 4. The van der Waals surface area contributed by atoms with E-state index in [4.69, 9.17) is 28.2 Å². The Morgan fingerprint density at radius 2 is 1.57 bits per heavy atom. The minimum atomic E-state index is -4.05. The van der Waals surface area contributed by atoms with Gasteiger partial charge in [-0.25, -0.2) is 18.1 Å². The number of nitrogens with zero attached hydrogens (tertiary/aromatic N) is 2. The van der Waals surface area contributed by atoms with Crippen molar-refractivity contribution < 1.29 is 13.2 Å². The Kier molecular flexibility index (Phi) is 7.02. The number of nitrogens with one attached hydrogen (secondary N) is 1. The molecule has 0 aliphatic rings. The summed E-state index contributed by atoms with van der Waals surface area (Å²) in [6.07, 6.45) is 0.504. The molecule has 9 heteroatoms. The van der Waals surface area contributed by atoms with E-state index in [9.17, 15) is 13.2 Å². The van der Waals surface area contributed by atoms with Gasteiger partial charge in [0.2, 0.25) is 0 Å². The minimum absolute atomic E-state index is 0.00296. The molecule has 0 unspecified atom stereocenters. The Bertz CT molecular complexity index is 1700. The molecule has 0 atom stereocenters. The number of carbonyl (C=O) groups is 1. The van der Waals surface area contributed by atoms with Crippen molar-refractivity contribution in [2.24, 2.45) is 0 Å². The topological polar surface area (TPSA) is 81.1 Å². The van der Waals surface area contributed by atoms with E-state index >= 15 is 0 Å². The van der Waals surface area contributed by atoms with E-state index in [1.54, 1.807) is 42.5 Å². The number of fused-ring (bicyclic) bond motifs is 1. The van der Waals surface area contributed by atoms with Crippen LogP contribution in [0.4, 0.5) is 0 Å². The predicted molar refractivity (Wildman–Crippen MR) is 146 cm³/mol. The molecule has 0 radical (unpaired) electrons. The molecule has 5 rings (SSSR count). The van der Waals surface area contributed by atoms with Crippen molar-refractivity contribution >= 4 is 50.2 Å². The lowest BCUT2D eigenvalue weighted by atomic mass is 10.1. The number of halogens is 2. The maximum Gasteiger partial charge on any atom is 0.267 e. The summed E-state index contributed by atoms with van der Waals surface area (Å²) in [5.74, 6) is -0.0479. The Hall–Kier alpha value is -3.65. The molecule has 6 nitrogen and oxygen atoms in total. The van der Waals surface area contributed by atoms with Gasteiger partial charge in [0.15, 0.2) is 0 Å². The number of hydrogen-bond acceptors (Lipinski definition) is 4. The van der Waals surface area contributed by atoms with Gasteiger partial charge >= 0.3 is 0 Å². The third-order valence-electron chi connectivity index (χ3n) is 5.93. The van der Waals surface area contributed by atoms with Gasteiger partial charge in [-0.2, -0.15) is 0 Å². The number of para-hydroxylation sites is 1. The van der Waals surface area contributed by atoms with Crippen molar-refractivity contribution in [3.63, 3.8) is 0 Å². The lowest BCUT2D eigenvalue weighted by molar-refractivity contribution is 0.0983. The molecule has 37 heavy (non-hydrogen) atoms. The Labute approximate surface area is 224 Å². The number of sulfonamides is 1. The van der Waals surface area contributed by atoms with Gasteiger partial charge in [-0.3, -0.25) is 4.79 Å². The predicted octanol–water partition coefficient (Wildman–Crippen LogP) is 6.10. The van der Waals surface area contributed by atoms with Crippen molar-refractivity contribution in [1.82, 2.24) is 14.3 Å². The number of rotatable bonds is 7. The van der Waals surface area contributed by atoms with E-state index in [-0.39, 0.29) is 10.5 Å². The van der Waals surface area contributed by atoms with Gasteiger partial charge in [-0.15, -0.1) is 0 Å². The highest BCUT2D eigenvalue weighted by atomic mass is 35.5. The van der Waals surface area contributed by atoms with E-state index in [0.29, 0.717) is 39.9 Å². The van der Waals surface area contributed by atoms with Crippen molar-refractivity contribution in [3.05, 3.63) is 130 Å². The second-order valence-corrected chi connectivity index (χ2v) is 11.0. The van der Waals surface area contributed by atoms with Crippen LogP contribution in [0.3, 0.4) is 0 Å². The van der Waals surface area contributed by atoms with Crippen LogP contribution in [-0.2, 0) is 23.0 Å². The number of carbonyl (C=O) groups excluding carboxylic acids is 1. The van der Waals surface area contributed by atoms with Gasteiger partial charge in [0.05, 0.1) is 22.5 Å². The summed E-state index contributed by atoms with van der Waals surface area (Å²) >= 11 is 12.6. The largest absolute Gasteiger partial charge is 0.323 e. The number of imidazole rings is 1. The standard InChI is InChI=1S/C28H21Cl2N3O3S/c29-21-15-14-20(24(30)17-21)18-33-25-13-7-12-23(27(25)31-26(33)16-19-8-3-1-4-9-19)28(34)32-37(35,36)22-10-5-2-6-11-22/h1-15,17H,16,18H2,(H,32,34). The quantitative estimate of drug-likeness (QED) is 0.266. The molecule has 186 valence electrons. The number of aromatic nitrogens is 2. The zero-order chi connectivity index (χ0) is 26.0. The molecular weight excluding hydrogens is 529 g/mol. The first-order chi connectivity index (χ1) is 17.8. The fourth-order valence-electron chi connectivity index (χ4n) is 4.12. The Morgan fingerprint density at radius 1 is 0.865 bits per heavy atom. The van der Waals surface area contributed by atoms with E-state index in [0.717, 1.165) is 11.1 Å². The SMILES string of the molecule is O=C(NS(=O)(=O)c1ccccc1)c1cccc2c1nc(Cc1ccccc1)n2Cc1ccc(Cl)cc1Cl. The highest BCUT2D eigenvalue weighted by Gasteiger charge is 2.23. The number of hydrogen-bond donors (Lipinski definition) is 1. The van der Waals surface area contributed by atoms with Crippen LogP contribution in [0.1, 0.15) is 27.3 Å². The smallest absolute Gasteiger partial charge is 0.267 e. The molecule has 1 heterocycles. The second-order valence-electron chi connectivity index (χ2n) is 8.43. The van der Waals surface area contributed by atoms with Crippen molar-refractivity contribution in [3.8, 4) is 0 Å². The monoisotopic (exact) mass is 549 g/mol. The average Bonchev–Trinajstić information content (AvgIpc) is 3.23. The minimum Gasteiger partial charge on any atom is -0.323 e. The summed E-state index contributed by atoms with van der Waals surface area (Å²) in [5.41, 5.74) is 3.12. The van der Waals surface area contributed by atoms with Gasteiger partial charge in [0.1, 0.15) is 11.3 Å². The normalized spacial score (nSPS) is 11.5. The van der Waals surface area contributed by atoms with Crippen molar-refractivity contribution in [2.75, 3.05) is 0 Å². The molecule has 0 fully saturated rings. The van der Waals surface area contributed by atoms with E-state index in [2.05, 4.69) is 4.72 Å². The zero-order valence-electron chi connectivity index (χ0n) is 19.4. The van der Waals surface area contributed by atoms with E-state index in [1.807, 2.05) is 47.0 Å². The highest BCUT2D eigenvalue weighted by molar-refractivity contribution is 7.90. The summed E-state index contributed by atoms with van der Waals surface area (Å²) < 4.78 is 29.7. The van der Waals surface area contributed by atoms with E-state index < -0.39 is 15.9 Å². The molecular formula is C28H21Cl2N3O3S. The van der Waals surface area contributed by atoms with Crippen LogP contribution in [-0.4, -0.2) is 23.9 Å². The molecule has 0 bridgehead atoms. The van der Waals surface area contributed by atoms with Gasteiger partial charge in [-0.05, 0) is 47.5 Å². The lowest BCUT2D eigenvalue weighted by Crippen LogP contribution is -2.30. The third-order valence-corrected chi connectivity index (χ3v) is 7.87. The second kappa shape index (κ2) is 10.4. The lowest BCUT2D eigenvalue weighted by Gasteiger charge is -2.12. The molecule has 4 aromatic carbocycles. The van der Waals surface area contributed by atoms with Gasteiger partial charge in [-0.1, -0.05) is 83.9 Å². The van der Waals surface area contributed by atoms with Crippen LogP contribution in [0.15, 0.2) is 102 Å². The molecule has 5 aromatic rings. The van der Waals surface area contributed by atoms with Crippen LogP contribution in [0.25, 0.3) is 11.0 Å². The van der Waals surface area contributed by atoms with Crippen LogP contribution < -0.4 is 4.72 Å². The molecule has 0 aliphatic heterocycles. The van der Waals surface area contributed by atoms with Gasteiger partial charge in [0.25, 0.3) is 15.9 Å². The molecule has 1 aromatic heterocycles. The van der Waals surface area contributed by atoms with Gasteiger partial charge < -0.3 is 4.57 Å². The Balaban J connectivity index is 1.59. The number of amides is 1. The van der Waals surface area contributed by atoms with Gasteiger partial charge in [0, 0.05) is 16.5 Å². The maximum absolute atomic E-state index is 13.2. The highest BCUT2D eigenvalue weighted by Crippen LogP contribution is 2.27. The molecule has 0 saturated carbocycles. The van der Waals surface area contributed by atoms with E-state index in [1.165, 1.54) is 12.1 Å². The fraction of sp³-hybridized carbons (Fsp3) is 0.0714. The van der Waals surface area contributed by atoms with Crippen LogP contribution in [0.2, 0.25) is 10.0 Å². The van der Waals surface area contributed by atoms with Crippen LogP contribution >= 0.6 is 23.2 Å². The third kappa shape index (κ3) is 5.39. The fourth-order valence-corrected chi connectivity index (χ4v) is 5.58. The molecule has 0 saturated heterocycles.